The highest BCUT2D eigenvalue weighted by molar-refractivity contribution is 7.26. The molecule has 214 valence electrons. The van der Waals surface area contributed by atoms with Crippen molar-refractivity contribution in [2.75, 3.05) is 4.90 Å². The number of para-hydroxylation sites is 1. The van der Waals surface area contributed by atoms with Gasteiger partial charge in [-0.15, -0.1) is 22.7 Å². The lowest BCUT2D eigenvalue weighted by Gasteiger charge is -2.28. The van der Waals surface area contributed by atoms with E-state index in [2.05, 4.69) is 126 Å². The number of rotatable bonds is 4. The molecule has 45 heavy (non-hydrogen) atoms. The summed E-state index contributed by atoms with van der Waals surface area (Å²) in [7, 11) is 0. The van der Waals surface area contributed by atoms with Gasteiger partial charge in [0.2, 0.25) is 0 Å². The van der Waals surface area contributed by atoms with E-state index < -0.39 is 0 Å². The summed E-state index contributed by atoms with van der Waals surface area (Å²) >= 11 is 16.5. The van der Waals surface area contributed by atoms with Gasteiger partial charge in [0.15, 0.2) is 0 Å². The molecule has 1 nitrogen and oxygen atoms in total. The Morgan fingerprint density at radius 2 is 1.07 bits per heavy atom. The second-order valence-corrected chi connectivity index (χ2v) is 14.2. The van der Waals surface area contributed by atoms with Gasteiger partial charge in [0.05, 0.1) is 11.4 Å². The number of hydrogen-bond acceptors (Lipinski definition) is 3. The smallest absolute Gasteiger partial charge is 0.0554 e. The number of anilines is 3. The zero-order chi connectivity index (χ0) is 30.1. The highest BCUT2D eigenvalue weighted by Gasteiger charge is 2.22. The van der Waals surface area contributed by atoms with Gasteiger partial charge in [-0.2, -0.15) is 0 Å². The van der Waals surface area contributed by atoms with Crippen molar-refractivity contribution in [1.29, 1.82) is 0 Å². The molecule has 0 aliphatic rings. The first-order valence-corrected chi connectivity index (χ1v) is 17.1. The van der Waals surface area contributed by atoms with E-state index in [1.165, 1.54) is 51.8 Å². The minimum Gasteiger partial charge on any atom is -0.309 e. The summed E-state index contributed by atoms with van der Waals surface area (Å²) in [6.07, 6.45) is 0. The topological polar surface area (TPSA) is 3.24 Å². The summed E-state index contributed by atoms with van der Waals surface area (Å²) in [5, 5.41) is 10.0. The molecule has 5 heteroatoms. The first kappa shape index (κ1) is 27.0. The average molecular weight is 653 g/mol. The first-order chi connectivity index (χ1) is 22.1. The normalized spacial score (nSPS) is 11.8. The van der Waals surface area contributed by atoms with Gasteiger partial charge in [-0.25, -0.2) is 0 Å². The van der Waals surface area contributed by atoms with Crippen molar-refractivity contribution in [2.45, 2.75) is 0 Å². The van der Waals surface area contributed by atoms with E-state index in [4.69, 9.17) is 23.2 Å². The fourth-order valence-corrected chi connectivity index (χ4v) is 9.46. The fraction of sp³-hybridized carbons (Fsp3) is 0. The van der Waals surface area contributed by atoms with Crippen LogP contribution in [0.4, 0.5) is 17.1 Å². The second kappa shape index (κ2) is 10.6. The molecule has 0 atom stereocenters. The van der Waals surface area contributed by atoms with E-state index >= 15 is 0 Å². The van der Waals surface area contributed by atoms with Crippen LogP contribution in [0.1, 0.15) is 0 Å². The SMILES string of the molecule is Clc1cc(Cl)cc(-c2cc3cc(N(c4ccccc4)c4cc5sc6ccccc6c5c5ccccc45)c4ccccc4c3s2)c1. The highest BCUT2D eigenvalue weighted by Crippen LogP contribution is 2.49. The van der Waals surface area contributed by atoms with Crippen LogP contribution in [0.3, 0.4) is 0 Å². The van der Waals surface area contributed by atoms with Crippen molar-refractivity contribution in [3.8, 4) is 10.4 Å². The maximum atomic E-state index is 6.43. The number of thiophene rings is 2. The molecule has 0 radical (unpaired) electrons. The monoisotopic (exact) mass is 651 g/mol. The van der Waals surface area contributed by atoms with Gasteiger partial charge in [-0.05, 0) is 70.9 Å². The number of benzene rings is 7. The molecule has 0 N–H and O–H groups in total. The van der Waals surface area contributed by atoms with Crippen LogP contribution < -0.4 is 4.90 Å². The molecule has 0 amide bonds. The number of halogens is 2. The number of nitrogens with zero attached hydrogens (tertiary/aromatic N) is 1. The van der Waals surface area contributed by atoms with Crippen LogP contribution in [0.5, 0.6) is 0 Å². The Hall–Kier alpha value is -4.38. The van der Waals surface area contributed by atoms with Crippen molar-refractivity contribution >= 4 is 115 Å². The zero-order valence-corrected chi connectivity index (χ0v) is 26.9. The summed E-state index contributed by atoms with van der Waals surface area (Å²) in [5.74, 6) is 0. The fourth-order valence-electron chi connectivity index (χ4n) is 6.62. The van der Waals surface area contributed by atoms with Gasteiger partial charge in [0, 0.05) is 61.6 Å². The lowest BCUT2D eigenvalue weighted by atomic mass is 9.99. The number of fused-ring (bicyclic) bond motifs is 8. The maximum Gasteiger partial charge on any atom is 0.0554 e. The molecule has 2 aromatic heterocycles. The molecular weight excluding hydrogens is 629 g/mol. The molecule has 0 fully saturated rings. The first-order valence-electron chi connectivity index (χ1n) is 14.7. The Kier molecular flexibility index (Phi) is 6.36. The zero-order valence-electron chi connectivity index (χ0n) is 23.8. The van der Waals surface area contributed by atoms with Gasteiger partial charge in [-0.3, -0.25) is 0 Å². The van der Waals surface area contributed by atoms with Crippen molar-refractivity contribution in [1.82, 2.24) is 0 Å². The number of hydrogen-bond donors (Lipinski definition) is 0. The molecule has 9 aromatic rings. The molecule has 0 saturated heterocycles. The second-order valence-electron chi connectivity index (χ2n) is 11.2. The van der Waals surface area contributed by atoms with Crippen LogP contribution in [0.25, 0.3) is 62.2 Å². The Balaban J connectivity index is 1.37. The maximum absolute atomic E-state index is 6.43. The average Bonchev–Trinajstić information content (AvgIpc) is 3.67. The highest BCUT2D eigenvalue weighted by atomic mass is 35.5. The molecule has 0 spiro atoms. The third-order valence-electron chi connectivity index (χ3n) is 8.51. The quantitative estimate of drug-likeness (QED) is 0.183. The standard InChI is InChI=1S/C40H23Cl2NS2/c41-26-18-24(19-27(42)22-26)37-21-25-20-34(30-13-5-7-15-32(30)40(25)45-37)43(28-10-2-1-3-11-28)35-23-38-39(31-14-6-4-12-29(31)35)33-16-8-9-17-36(33)44-38/h1-23H. The Morgan fingerprint density at radius 1 is 0.467 bits per heavy atom. The summed E-state index contributed by atoms with van der Waals surface area (Å²) in [6.45, 7) is 0. The van der Waals surface area contributed by atoms with E-state index in [1.807, 2.05) is 23.5 Å². The molecule has 0 aliphatic heterocycles. The van der Waals surface area contributed by atoms with Gasteiger partial charge in [0.1, 0.15) is 0 Å². The molecule has 0 bridgehead atoms. The Labute approximate surface area is 278 Å². The van der Waals surface area contributed by atoms with Crippen molar-refractivity contribution in [3.05, 3.63) is 150 Å². The predicted molar refractivity (Wildman–Crippen MR) is 200 cm³/mol. The van der Waals surface area contributed by atoms with Gasteiger partial charge >= 0.3 is 0 Å². The largest absolute Gasteiger partial charge is 0.309 e. The van der Waals surface area contributed by atoms with E-state index in [0.29, 0.717) is 10.0 Å². The van der Waals surface area contributed by atoms with Crippen LogP contribution in [0, 0.1) is 0 Å². The van der Waals surface area contributed by atoms with Gasteiger partial charge in [0.25, 0.3) is 0 Å². The molecule has 0 saturated carbocycles. The Bertz CT molecular complexity index is 2560. The van der Waals surface area contributed by atoms with Crippen LogP contribution in [-0.4, -0.2) is 0 Å². The molecule has 9 rings (SSSR count). The summed E-state index contributed by atoms with van der Waals surface area (Å²) in [6, 6.07) is 49.8. The summed E-state index contributed by atoms with van der Waals surface area (Å²) in [5.41, 5.74) is 4.45. The predicted octanol–water partition coefficient (Wildman–Crippen LogP) is 14.0. The third-order valence-corrected chi connectivity index (χ3v) is 11.3. The minimum atomic E-state index is 0.638. The lowest BCUT2D eigenvalue weighted by Crippen LogP contribution is -2.11. The molecule has 0 aliphatic carbocycles. The molecule has 7 aromatic carbocycles. The van der Waals surface area contributed by atoms with Crippen LogP contribution >= 0.6 is 45.9 Å². The van der Waals surface area contributed by atoms with E-state index in [9.17, 15) is 0 Å². The van der Waals surface area contributed by atoms with Crippen molar-refractivity contribution in [3.63, 3.8) is 0 Å². The van der Waals surface area contributed by atoms with Crippen molar-refractivity contribution in [2.24, 2.45) is 0 Å². The van der Waals surface area contributed by atoms with Crippen LogP contribution in [0.2, 0.25) is 10.0 Å². The molecule has 0 unspecified atom stereocenters. The van der Waals surface area contributed by atoms with E-state index in [1.54, 1.807) is 17.4 Å². The lowest BCUT2D eigenvalue weighted by molar-refractivity contribution is 1.32. The Morgan fingerprint density at radius 3 is 1.82 bits per heavy atom. The van der Waals surface area contributed by atoms with E-state index in [-0.39, 0.29) is 0 Å². The third kappa shape index (κ3) is 4.42. The summed E-state index contributed by atoms with van der Waals surface area (Å²) in [4.78, 5) is 3.58. The summed E-state index contributed by atoms with van der Waals surface area (Å²) < 4.78 is 3.84. The van der Waals surface area contributed by atoms with Gasteiger partial charge in [-0.1, -0.05) is 108 Å². The van der Waals surface area contributed by atoms with Crippen LogP contribution in [-0.2, 0) is 0 Å². The molecular formula is C40H23Cl2NS2. The van der Waals surface area contributed by atoms with Crippen LogP contribution in [0.15, 0.2) is 140 Å². The van der Waals surface area contributed by atoms with E-state index in [0.717, 1.165) is 27.5 Å². The van der Waals surface area contributed by atoms with Crippen molar-refractivity contribution < 1.29 is 0 Å². The molecule has 2 heterocycles. The minimum absolute atomic E-state index is 0.638. The van der Waals surface area contributed by atoms with Gasteiger partial charge < -0.3 is 4.90 Å².